The van der Waals surface area contributed by atoms with Gasteiger partial charge < -0.3 is 0 Å². The number of rotatable bonds is 6. The molecule has 124 valence electrons. The molecule has 0 amide bonds. The maximum atomic E-state index is 12.2. The number of carbonyl (C=O) groups excluding carboxylic acids is 3. The van der Waals surface area contributed by atoms with Gasteiger partial charge in [0.05, 0.1) is 11.8 Å². The molecule has 0 aromatic rings. The quantitative estimate of drug-likeness (QED) is 0.400. The van der Waals surface area contributed by atoms with Gasteiger partial charge in [-0.2, -0.15) is 0 Å². The van der Waals surface area contributed by atoms with E-state index in [1.165, 1.54) is 13.8 Å². The van der Waals surface area contributed by atoms with E-state index in [1.54, 1.807) is 0 Å². The van der Waals surface area contributed by atoms with Gasteiger partial charge >= 0.3 is 32.9 Å². The van der Waals surface area contributed by atoms with Crippen molar-refractivity contribution in [3.8, 4) is 0 Å². The van der Waals surface area contributed by atoms with Crippen molar-refractivity contribution >= 4 is 17.3 Å². The van der Waals surface area contributed by atoms with Crippen LogP contribution in [0.15, 0.2) is 0 Å². The normalized spacial score (nSPS) is 12.0. The van der Waals surface area contributed by atoms with Crippen LogP contribution in [0.2, 0.25) is 0 Å². The van der Waals surface area contributed by atoms with Gasteiger partial charge in [-0.3, -0.25) is 14.4 Å². The fourth-order valence-corrected chi connectivity index (χ4v) is 2.69. The van der Waals surface area contributed by atoms with Crippen molar-refractivity contribution in [2.75, 3.05) is 0 Å². The van der Waals surface area contributed by atoms with Gasteiger partial charge in [0.25, 0.3) is 0 Å². The summed E-state index contributed by atoms with van der Waals surface area (Å²) < 4.78 is 29.5. The van der Waals surface area contributed by atoms with Crippen LogP contribution in [-0.4, -0.2) is 32.1 Å². The number of Topliss-reactive ketones (excluding diaryl/α,β-unsaturated/α-hetero) is 3. The standard InChI is InChI=1S/C13H22O3.4H2O.Ti/c1-8(2)13(9(3)4,11(6)15)12(16)7-10(5)14;;;;;/h8-9H,7H2,1-6H3;4*1H2;/q;;;;;+4/p-4. The molecule has 0 radical (unpaired) electrons. The zero-order valence-corrected chi connectivity index (χ0v) is 14.9. The Hall–Kier alpha value is -0.436. The van der Waals surface area contributed by atoms with Crippen molar-refractivity contribution in [2.24, 2.45) is 17.3 Å². The monoisotopic (exact) mass is 342 g/mol. The molecule has 0 aromatic heterocycles. The van der Waals surface area contributed by atoms with Crippen molar-refractivity contribution in [2.45, 2.75) is 48.0 Å². The van der Waals surface area contributed by atoms with Crippen LogP contribution in [0.25, 0.3) is 0 Å². The average Bonchev–Trinajstić information content (AvgIpc) is 2.10. The van der Waals surface area contributed by atoms with Crippen LogP contribution >= 0.6 is 0 Å². The molecule has 0 saturated carbocycles. The van der Waals surface area contributed by atoms with Crippen LogP contribution < -0.4 is 0 Å². The Balaban J connectivity index is 0. The van der Waals surface area contributed by atoms with Gasteiger partial charge in [-0.1, -0.05) is 27.7 Å². The van der Waals surface area contributed by atoms with E-state index in [0.29, 0.717) is 0 Å². The number of hydrogen-bond donors (Lipinski definition) is 4. The first-order chi connectivity index (χ1) is 9.17. The summed E-state index contributed by atoms with van der Waals surface area (Å²) in [6.07, 6.45) is -0.143. The van der Waals surface area contributed by atoms with E-state index >= 15 is 0 Å². The van der Waals surface area contributed by atoms with Crippen molar-refractivity contribution in [1.82, 2.24) is 0 Å². The second-order valence-electron chi connectivity index (χ2n) is 5.64. The Morgan fingerprint density at radius 1 is 0.905 bits per heavy atom. The van der Waals surface area contributed by atoms with Gasteiger partial charge in [-0.15, -0.1) is 0 Å². The summed E-state index contributed by atoms with van der Waals surface area (Å²) in [6, 6.07) is 0. The molecule has 0 aliphatic heterocycles. The van der Waals surface area contributed by atoms with E-state index in [1.807, 2.05) is 27.7 Å². The second kappa shape index (κ2) is 8.87. The molecule has 0 aliphatic rings. The topological polar surface area (TPSA) is 132 Å². The minimum absolute atomic E-state index is 0.0863. The molecule has 0 heterocycles. The predicted octanol–water partition coefficient (Wildman–Crippen LogP) is 0.192. The van der Waals surface area contributed by atoms with Crippen molar-refractivity contribution < 1.29 is 47.3 Å². The molecule has 7 nitrogen and oxygen atoms in total. The Labute approximate surface area is 130 Å². The fourth-order valence-electron chi connectivity index (χ4n) is 2.69. The van der Waals surface area contributed by atoms with Gasteiger partial charge in [0.2, 0.25) is 0 Å². The zero-order chi connectivity index (χ0) is 17.6. The molecular weight excluding hydrogens is 316 g/mol. The Kier molecular flexibility index (Phi) is 9.65. The minimum atomic E-state index is -5.00. The number of hydrogen-bond acceptors (Lipinski definition) is 7. The third-order valence-corrected chi connectivity index (χ3v) is 3.27. The van der Waals surface area contributed by atoms with E-state index in [2.05, 4.69) is 0 Å². The van der Waals surface area contributed by atoms with Gasteiger partial charge in [0.1, 0.15) is 11.6 Å². The second-order valence-corrected chi connectivity index (χ2v) is 7.51. The molecule has 0 aliphatic carbocycles. The molecule has 0 atom stereocenters. The van der Waals surface area contributed by atoms with E-state index in [-0.39, 0.29) is 35.6 Å². The first-order valence-corrected chi connectivity index (χ1v) is 9.39. The van der Waals surface area contributed by atoms with E-state index < -0.39 is 23.6 Å². The third-order valence-electron chi connectivity index (χ3n) is 3.27. The van der Waals surface area contributed by atoms with Gasteiger partial charge in [0.15, 0.2) is 5.78 Å². The molecule has 0 bridgehead atoms. The van der Waals surface area contributed by atoms with Crippen LogP contribution in [0, 0.1) is 17.3 Å². The summed E-state index contributed by atoms with van der Waals surface area (Å²) >= 11 is -5.00. The van der Waals surface area contributed by atoms with Crippen LogP contribution in [0.3, 0.4) is 0 Å². The average molecular weight is 342 g/mol. The number of carbonyl (C=O) groups is 3. The molecule has 8 heteroatoms. The zero-order valence-electron chi connectivity index (χ0n) is 13.4. The first kappa shape index (κ1) is 22.8. The summed E-state index contributed by atoms with van der Waals surface area (Å²) in [5.41, 5.74) is -1.01. The predicted molar refractivity (Wildman–Crippen MR) is 72.0 cm³/mol. The SMILES string of the molecule is CC(=O)CC(=O)C(C(C)=O)(C(C)C)C(C)C.[OH][Ti]([OH])([OH])[OH]. The van der Waals surface area contributed by atoms with E-state index in [0.717, 1.165) is 0 Å². The van der Waals surface area contributed by atoms with Crippen LogP contribution in [0.4, 0.5) is 0 Å². The molecule has 0 saturated heterocycles. The number of ketones is 3. The summed E-state index contributed by atoms with van der Waals surface area (Å²) in [6.45, 7) is 10.3. The first-order valence-electron chi connectivity index (χ1n) is 6.60. The molecule has 0 rings (SSSR count). The molecule has 0 fully saturated rings. The third kappa shape index (κ3) is 7.94. The molecule has 0 aromatic carbocycles. The van der Waals surface area contributed by atoms with Crippen LogP contribution in [0.5, 0.6) is 0 Å². The van der Waals surface area contributed by atoms with E-state index in [9.17, 15) is 14.4 Å². The van der Waals surface area contributed by atoms with Gasteiger partial charge in [-0.05, 0) is 25.7 Å². The summed E-state index contributed by atoms with van der Waals surface area (Å²) in [5, 5.41) is 0. The summed E-state index contributed by atoms with van der Waals surface area (Å²) in [4.78, 5) is 35.0. The molecular formula is C13H26O7Ti. The van der Waals surface area contributed by atoms with Crippen LogP contribution in [-0.2, 0) is 32.5 Å². The van der Waals surface area contributed by atoms with Crippen LogP contribution in [0.1, 0.15) is 48.0 Å². The molecule has 21 heavy (non-hydrogen) atoms. The van der Waals surface area contributed by atoms with Gasteiger partial charge in [0, 0.05) is 0 Å². The maximum absolute atomic E-state index is 12.2. The summed E-state index contributed by atoms with van der Waals surface area (Å²) in [5.74, 6) is -0.730. The molecule has 0 spiro atoms. The van der Waals surface area contributed by atoms with Gasteiger partial charge in [-0.25, -0.2) is 0 Å². The molecule has 4 N–H and O–H groups in total. The Morgan fingerprint density at radius 2 is 1.19 bits per heavy atom. The van der Waals surface area contributed by atoms with Crippen molar-refractivity contribution in [3.05, 3.63) is 0 Å². The molecule has 0 unspecified atom stereocenters. The Morgan fingerprint density at radius 3 is 1.33 bits per heavy atom. The van der Waals surface area contributed by atoms with Crippen molar-refractivity contribution in [3.63, 3.8) is 0 Å². The summed E-state index contributed by atoms with van der Waals surface area (Å²) in [7, 11) is 0. The van der Waals surface area contributed by atoms with Crippen molar-refractivity contribution in [1.29, 1.82) is 0 Å². The fraction of sp³-hybridized carbons (Fsp3) is 0.769. The Bertz CT molecular complexity index is 368. The van der Waals surface area contributed by atoms with E-state index in [4.69, 9.17) is 14.8 Å².